The van der Waals surface area contributed by atoms with Crippen molar-refractivity contribution in [1.29, 1.82) is 0 Å². The predicted molar refractivity (Wildman–Crippen MR) is 69.1 cm³/mol. The number of likely N-dealkylation sites (tertiary alicyclic amines) is 1. The van der Waals surface area contributed by atoms with E-state index in [1.807, 2.05) is 4.90 Å². The Morgan fingerprint density at radius 1 is 1.22 bits per heavy atom. The molecule has 2 aliphatic heterocycles. The van der Waals surface area contributed by atoms with Gasteiger partial charge in [0.15, 0.2) is 0 Å². The van der Waals surface area contributed by atoms with Crippen LogP contribution in [0.3, 0.4) is 0 Å². The third-order valence-corrected chi connectivity index (χ3v) is 3.77. The summed E-state index contributed by atoms with van der Waals surface area (Å²) in [6.07, 6.45) is 5.27. The third-order valence-electron chi connectivity index (χ3n) is 3.77. The summed E-state index contributed by atoms with van der Waals surface area (Å²) in [6, 6.07) is -0.514. The average Bonchev–Trinajstić information content (AvgIpc) is 2.92. The van der Waals surface area contributed by atoms with Crippen LogP contribution in [0.4, 0.5) is 0 Å². The lowest BCUT2D eigenvalue weighted by Gasteiger charge is -2.29. The predicted octanol–water partition coefficient (Wildman–Crippen LogP) is 0.256. The third kappa shape index (κ3) is 3.22. The van der Waals surface area contributed by atoms with Crippen LogP contribution in [0.1, 0.15) is 39.0 Å². The van der Waals surface area contributed by atoms with Crippen molar-refractivity contribution in [2.24, 2.45) is 0 Å². The average molecular weight is 253 g/mol. The van der Waals surface area contributed by atoms with Gasteiger partial charge in [0, 0.05) is 13.1 Å². The maximum atomic E-state index is 12.1. The van der Waals surface area contributed by atoms with E-state index in [0.717, 1.165) is 45.3 Å². The molecule has 0 radical (unpaired) electrons. The fourth-order valence-corrected chi connectivity index (χ4v) is 2.67. The number of hydrogen-bond acceptors (Lipinski definition) is 3. The molecule has 102 valence electrons. The molecule has 2 saturated heterocycles. The van der Waals surface area contributed by atoms with Crippen molar-refractivity contribution in [3.63, 3.8) is 0 Å². The van der Waals surface area contributed by atoms with Gasteiger partial charge in [-0.05, 0) is 45.6 Å². The minimum atomic E-state index is -0.405. The molecular weight excluding hydrogens is 230 g/mol. The van der Waals surface area contributed by atoms with Gasteiger partial charge in [0.05, 0.1) is 6.04 Å². The summed E-state index contributed by atoms with van der Waals surface area (Å²) in [6.45, 7) is 4.35. The van der Waals surface area contributed by atoms with Crippen molar-refractivity contribution < 1.29 is 9.59 Å². The molecule has 2 rings (SSSR count). The largest absolute Gasteiger partial charge is 0.343 e. The first-order valence-corrected chi connectivity index (χ1v) is 7.01. The second-order valence-corrected chi connectivity index (χ2v) is 5.27. The molecule has 0 aromatic carbocycles. The lowest BCUT2D eigenvalue weighted by molar-refractivity contribution is -0.137. The molecule has 2 aliphatic rings. The van der Waals surface area contributed by atoms with Gasteiger partial charge >= 0.3 is 0 Å². The summed E-state index contributed by atoms with van der Waals surface area (Å²) in [5, 5.41) is 5.97. The smallest absolute Gasteiger partial charge is 0.244 e. The molecule has 0 saturated carbocycles. The Morgan fingerprint density at radius 3 is 2.56 bits per heavy atom. The van der Waals surface area contributed by atoms with Gasteiger partial charge in [0.2, 0.25) is 11.8 Å². The van der Waals surface area contributed by atoms with Crippen molar-refractivity contribution in [2.45, 2.75) is 51.1 Å². The van der Waals surface area contributed by atoms with E-state index < -0.39 is 6.04 Å². The van der Waals surface area contributed by atoms with Gasteiger partial charge < -0.3 is 15.5 Å². The summed E-state index contributed by atoms with van der Waals surface area (Å²) in [7, 11) is 0. The van der Waals surface area contributed by atoms with E-state index in [1.54, 1.807) is 6.92 Å². The van der Waals surface area contributed by atoms with Crippen LogP contribution < -0.4 is 10.6 Å². The van der Waals surface area contributed by atoms with E-state index in [-0.39, 0.29) is 17.9 Å². The lowest BCUT2D eigenvalue weighted by atomic mass is 10.1. The summed E-state index contributed by atoms with van der Waals surface area (Å²) < 4.78 is 0. The van der Waals surface area contributed by atoms with Gasteiger partial charge in [-0.1, -0.05) is 0 Å². The number of hydrogen-bond donors (Lipinski definition) is 2. The van der Waals surface area contributed by atoms with Crippen molar-refractivity contribution in [3.8, 4) is 0 Å². The highest BCUT2D eigenvalue weighted by Gasteiger charge is 2.27. The van der Waals surface area contributed by atoms with Crippen LogP contribution in [0.25, 0.3) is 0 Å². The zero-order valence-electron chi connectivity index (χ0n) is 11.1. The normalized spacial score (nSPS) is 25.8. The first kappa shape index (κ1) is 13.3. The van der Waals surface area contributed by atoms with Crippen LogP contribution in [0, 0.1) is 0 Å². The molecule has 0 aromatic heterocycles. The van der Waals surface area contributed by atoms with Crippen LogP contribution in [0.2, 0.25) is 0 Å². The molecule has 2 amide bonds. The van der Waals surface area contributed by atoms with Crippen LogP contribution in [-0.4, -0.2) is 48.4 Å². The minimum absolute atomic E-state index is 0.0367. The van der Waals surface area contributed by atoms with Crippen molar-refractivity contribution in [1.82, 2.24) is 15.5 Å². The molecule has 2 atom stereocenters. The van der Waals surface area contributed by atoms with E-state index in [2.05, 4.69) is 10.6 Å². The van der Waals surface area contributed by atoms with Crippen molar-refractivity contribution in [2.75, 3.05) is 19.6 Å². The molecule has 0 bridgehead atoms. The van der Waals surface area contributed by atoms with Gasteiger partial charge in [-0.3, -0.25) is 9.59 Å². The van der Waals surface area contributed by atoms with E-state index in [9.17, 15) is 9.59 Å². The molecule has 2 heterocycles. The monoisotopic (exact) mass is 253 g/mol. The van der Waals surface area contributed by atoms with Crippen LogP contribution >= 0.6 is 0 Å². The van der Waals surface area contributed by atoms with Gasteiger partial charge in [-0.25, -0.2) is 0 Å². The molecule has 0 aromatic rings. The molecular formula is C13H23N3O2. The molecule has 5 nitrogen and oxygen atoms in total. The number of piperidine rings is 1. The molecule has 2 fully saturated rings. The maximum absolute atomic E-state index is 12.1. The summed E-state index contributed by atoms with van der Waals surface area (Å²) in [5.74, 6) is 0.0198. The van der Waals surface area contributed by atoms with E-state index in [4.69, 9.17) is 0 Å². The maximum Gasteiger partial charge on any atom is 0.244 e. The number of nitrogens with one attached hydrogen (secondary N) is 2. The second kappa shape index (κ2) is 6.18. The Balaban J connectivity index is 1.80. The second-order valence-electron chi connectivity index (χ2n) is 5.27. The first-order chi connectivity index (χ1) is 8.68. The highest BCUT2D eigenvalue weighted by Crippen LogP contribution is 2.10. The number of carbonyl (C=O) groups is 2. The Hall–Kier alpha value is -1.10. The first-order valence-electron chi connectivity index (χ1n) is 7.01. The molecule has 2 N–H and O–H groups in total. The number of amides is 2. The Bertz CT molecular complexity index is 307. The number of carbonyl (C=O) groups excluding carboxylic acids is 2. The molecule has 18 heavy (non-hydrogen) atoms. The van der Waals surface area contributed by atoms with E-state index >= 15 is 0 Å². The summed E-state index contributed by atoms with van der Waals surface area (Å²) in [5.41, 5.74) is 0. The van der Waals surface area contributed by atoms with Crippen molar-refractivity contribution in [3.05, 3.63) is 0 Å². The molecule has 1 unspecified atom stereocenters. The van der Waals surface area contributed by atoms with Crippen LogP contribution in [0.15, 0.2) is 0 Å². The SMILES string of the molecule is CC(NC(=O)[C@@H]1CCCN1)C(=O)N1CCCCC1. The Kier molecular flexibility index (Phi) is 4.58. The molecule has 0 aliphatic carbocycles. The zero-order valence-corrected chi connectivity index (χ0v) is 11.1. The number of rotatable bonds is 3. The van der Waals surface area contributed by atoms with Gasteiger partial charge in [0.25, 0.3) is 0 Å². The fraction of sp³-hybridized carbons (Fsp3) is 0.846. The standard InChI is InChI=1S/C13H23N3O2/c1-10(13(18)16-8-3-2-4-9-16)15-12(17)11-6-5-7-14-11/h10-11,14H,2-9H2,1H3,(H,15,17)/t10?,11-/m0/s1. The van der Waals surface area contributed by atoms with Gasteiger partial charge in [-0.15, -0.1) is 0 Å². The minimum Gasteiger partial charge on any atom is -0.343 e. The highest BCUT2D eigenvalue weighted by atomic mass is 16.2. The van der Waals surface area contributed by atoms with Gasteiger partial charge in [-0.2, -0.15) is 0 Å². The topological polar surface area (TPSA) is 61.4 Å². The number of nitrogens with zero attached hydrogens (tertiary/aromatic N) is 1. The molecule has 0 spiro atoms. The lowest BCUT2D eigenvalue weighted by Crippen LogP contribution is -2.52. The van der Waals surface area contributed by atoms with E-state index in [1.165, 1.54) is 6.42 Å². The van der Waals surface area contributed by atoms with E-state index in [0.29, 0.717) is 0 Å². The van der Waals surface area contributed by atoms with Crippen molar-refractivity contribution >= 4 is 11.8 Å². The van der Waals surface area contributed by atoms with Gasteiger partial charge in [0.1, 0.15) is 6.04 Å². The van der Waals surface area contributed by atoms with Crippen LogP contribution in [-0.2, 0) is 9.59 Å². The summed E-state index contributed by atoms with van der Waals surface area (Å²) >= 11 is 0. The Morgan fingerprint density at radius 2 is 1.94 bits per heavy atom. The molecule has 5 heteroatoms. The Labute approximate surface area is 108 Å². The zero-order chi connectivity index (χ0) is 13.0. The highest BCUT2D eigenvalue weighted by molar-refractivity contribution is 5.89. The van der Waals surface area contributed by atoms with Crippen LogP contribution in [0.5, 0.6) is 0 Å². The summed E-state index contributed by atoms with van der Waals surface area (Å²) in [4.78, 5) is 25.9. The quantitative estimate of drug-likeness (QED) is 0.758. The fourth-order valence-electron chi connectivity index (χ4n) is 2.67.